The molecule has 0 fully saturated rings. The molecule has 0 saturated heterocycles. The van der Waals surface area contributed by atoms with E-state index >= 15 is 0 Å². The number of anilines is 1. The van der Waals surface area contributed by atoms with E-state index < -0.39 is 0 Å². The maximum absolute atomic E-state index is 12.6. The van der Waals surface area contributed by atoms with E-state index in [4.69, 9.17) is 9.15 Å². The van der Waals surface area contributed by atoms with Gasteiger partial charge in [-0.3, -0.25) is 4.79 Å². The molecule has 1 aromatic heterocycles. The lowest BCUT2D eigenvalue weighted by Gasteiger charge is -2.10. The fourth-order valence-electron chi connectivity index (χ4n) is 3.61. The topological polar surface area (TPSA) is 51.5 Å². The Bertz CT molecular complexity index is 1390. The number of hydrogen-bond donors (Lipinski definition) is 1. The van der Waals surface area contributed by atoms with Gasteiger partial charge in [-0.05, 0) is 35.0 Å². The molecule has 1 amide bonds. The standard InChI is InChI=1S/C25H19NO3S/c1-28-24-13-20-19-8-4-5-9-22(19)29-23(20)14-21(24)26-25(27)15-30-18-11-10-16-6-2-3-7-17(16)12-18/h2-14H,15H2,1H3,(H,26,27). The third-order valence-corrected chi connectivity index (χ3v) is 6.06. The second-order valence-electron chi connectivity index (χ2n) is 6.99. The number of amides is 1. The Balaban J connectivity index is 1.36. The molecule has 4 aromatic carbocycles. The van der Waals surface area contributed by atoms with E-state index in [-0.39, 0.29) is 5.91 Å². The van der Waals surface area contributed by atoms with Crippen LogP contribution in [0.2, 0.25) is 0 Å². The van der Waals surface area contributed by atoms with Gasteiger partial charge >= 0.3 is 0 Å². The number of nitrogens with one attached hydrogen (secondary N) is 1. The highest BCUT2D eigenvalue weighted by Crippen LogP contribution is 2.36. The zero-order valence-electron chi connectivity index (χ0n) is 16.3. The number of carbonyl (C=O) groups excluding carboxylic acids is 1. The van der Waals surface area contributed by atoms with Gasteiger partial charge in [0.05, 0.1) is 18.6 Å². The van der Waals surface area contributed by atoms with Crippen LogP contribution in [0.4, 0.5) is 5.69 Å². The second-order valence-corrected chi connectivity index (χ2v) is 8.04. The molecule has 0 unspecified atom stereocenters. The number of hydrogen-bond acceptors (Lipinski definition) is 4. The van der Waals surface area contributed by atoms with Crippen LogP contribution in [0.15, 0.2) is 88.2 Å². The predicted octanol–water partition coefficient (Wildman–Crippen LogP) is 6.48. The number of ether oxygens (including phenoxy) is 1. The van der Waals surface area contributed by atoms with Gasteiger partial charge in [0.15, 0.2) is 0 Å². The summed E-state index contributed by atoms with van der Waals surface area (Å²) in [5.74, 6) is 0.819. The van der Waals surface area contributed by atoms with Crippen molar-refractivity contribution in [2.24, 2.45) is 0 Å². The largest absolute Gasteiger partial charge is 0.495 e. The molecule has 0 spiro atoms. The fraction of sp³-hybridized carbons (Fsp3) is 0.0800. The van der Waals surface area contributed by atoms with Crippen molar-refractivity contribution in [3.05, 3.63) is 78.9 Å². The van der Waals surface area contributed by atoms with Crippen molar-refractivity contribution in [1.29, 1.82) is 0 Å². The Morgan fingerprint density at radius 3 is 2.57 bits per heavy atom. The van der Waals surface area contributed by atoms with Gasteiger partial charge in [-0.25, -0.2) is 0 Å². The van der Waals surface area contributed by atoms with Gasteiger partial charge in [-0.2, -0.15) is 0 Å². The summed E-state index contributed by atoms with van der Waals surface area (Å²) < 4.78 is 11.5. The van der Waals surface area contributed by atoms with Gasteiger partial charge in [0.25, 0.3) is 0 Å². The lowest BCUT2D eigenvalue weighted by atomic mass is 10.1. The molecule has 148 valence electrons. The van der Waals surface area contributed by atoms with E-state index in [2.05, 4.69) is 29.6 Å². The van der Waals surface area contributed by atoms with Crippen LogP contribution in [0, 0.1) is 0 Å². The van der Waals surface area contributed by atoms with E-state index in [1.165, 1.54) is 22.5 Å². The Kier molecular flexibility index (Phi) is 4.81. The normalized spacial score (nSPS) is 11.2. The third-order valence-electron chi connectivity index (χ3n) is 5.06. The molecule has 0 atom stereocenters. The van der Waals surface area contributed by atoms with E-state index in [0.29, 0.717) is 17.2 Å². The maximum Gasteiger partial charge on any atom is 0.234 e. The minimum Gasteiger partial charge on any atom is -0.495 e. The predicted molar refractivity (Wildman–Crippen MR) is 124 cm³/mol. The van der Waals surface area contributed by atoms with Gasteiger partial charge in [0, 0.05) is 21.7 Å². The summed E-state index contributed by atoms with van der Waals surface area (Å²) in [6, 6.07) is 26.0. The molecule has 0 radical (unpaired) electrons. The van der Waals surface area contributed by atoms with E-state index in [9.17, 15) is 4.79 Å². The lowest BCUT2D eigenvalue weighted by Crippen LogP contribution is -2.14. The van der Waals surface area contributed by atoms with E-state index in [0.717, 1.165) is 26.8 Å². The zero-order valence-corrected chi connectivity index (χ0v) is 17.2. The van der Waals surface area contributed by atoms with Crippen molar-refractivity contribution in [3.8, 4) is 5.75 Å². The van der Waals surface area contributed by atoms with Crippen molar-refractivity contribution >= 4 is 56.1 Å². The molecule has 5 heteroatoms. The summed E-state index contributed by atoms with van der Waals surface area (Å²) in [6.45, 7) is 0. The molecule has 4 nitrogen and oxygen atoms in total. The summed E-state index contributed by atoms with van der Waals surface area (Å²) in [6.07, 6.45) is 0. The molecule has 0 saturated carbocycles. The first-order chi connectivity index (χ1) is 14.7. The van der Waals surface area contributed by atoms with Crippen LogP contribution in [0.25, 0.3) is 32.7 Å². The second kappa shape index (κ2) is 7.76. The quantitative estimate of drug-likeness (QED) is 0.335. The number of para-hydroxylation sites is 1. The first kappa shape index (κ1) is 18.6. The van der Waals surface area contributed by atoms with Crippen LogP contribution < -0.4 is 10.1 Å². The van der Waals surface area contributed by atoms with Crippen molar-refractivity contribution in [2.75, 3.05) is 18.2 Å². The van der Waals surface area contributed by atoms with E-state index in [1.54, 1.807) is 7.11 Å². The molecule has 5 aromatic rings. The Morgan fingerprint density at radius 2 is 1.70 bits per heavy atom. The number of methoxy groups -OCH3 is 1. The number of fused-ring (bicyclic) bond motifs is 4. The molecule has 1 heterocycles. The summed E-state index contributed by atoms with van der Waals surface area (Å²) >= 11 is 1.51. The average Bonchev–Trinajstić information content (AvgIpc) is 3.14. The van der Waals surface area contributed by atoms with Gasteiger partial charge in [0.2, 0.25) is 5.91 Å². The van der Waals surface area contributed by atoms with Crippen molar-refractivity contribution in [3.63, 3.8) is 0 Å². The van der Waals surface area contributed by atoms with Crippen LogP contribution >= 0.6 is 11.8 Å². The number of thioether (sulfide) groups is 1. The van der Waals surface area contributed by atoms with E-state index in [1.807, 2.05) is 54.6 Å². The maximum atomic E-state index is 12.6. The van der Waals surface area contributed by atoms with Crippen LogP contribution in [0.5, 0.6) is 5.75 Å². The highest BCUT2D eigenvalue weighted by atomic mass is 32.2. The average molecular weight is 413 g/mol. The summed E-state index contributed by atoms with van der Waals surface area (Å²) in [7, 11) is 1.60. The Hall–Kier alpha value is -3.44. The minimum absolute atomic E-state index is 0.0954. The smallest absolute Gasteiger partial charge is 0.234 e. The molecule has 1 N–H and O–H groups in total. The molecule has 0 bridgehead atoms. The van der Waals surface area contributed by atoms with Gasteiger partial charge in [0.1, 0.15) is 16.9 Å². The minimum atomic E-state index is -0.0954. The number of benzene rings is 4. The third kappa shape index (κ3) is 3.48. The highest BCUT2D eigenvalue weighted by Gasteiger charge is 2.14. The molecule has 0 aliphatic carbocycles. The molecule has 5 rings (SSSR count). The number of carbonyl (C=O) groups is 1. The molecular formula is C25H19NO3S. The van der Waals surface area contributed by atoms with Crippen LogP contribution in [-0.2, 0) is 4.79 Å². The number of rotatable bonds is 5. The van der Waals surface area contributed by atoms with Crippen LogP contribution in [0.3, 0.4) is 0 Å². The summed E-state index contributed by atoms with van der Waals surface area (Å²) in [5, 5.41) is 7.30. The zero-order chi connectivity index (χ0) is 20.5. The fourth-order valence-corrected chi connectivity index (χ4v) is 4.35. The lowest BCUT2D eigenvalue weighted by molar-refractivity contribution is -0.113. The molecule has 0 aliphatic rings. The Labute approximate surface area is 177 Å². The Morgan fingerprint density at radius 1 is 0.900 bits per heavy atom. The molecule has 30 heavy (non-hydrogen) atoms. The number of furan rings is 1. The van der Waals surface area contributed by atoms with Crippen LogP contribution in [-0.4, -0.2) is 18.8 Å². The van der Waals surface area contributed by atoms with Crippen molar-refractivity contribution in [1.82, 2.24) is 0 Å². The summed E-state index contributed by atoms with van der Waals surface area (Å²) in [5.41, 5.74) is 2.13. The van der Waals surface area contributed by atoms with Gasteiger partial charge in [-0.15, -0.1) is 11.8 Å². The van der Waals surface area contributed by atoms with Crippen LogP contribution in [0.1, 0.15) is 0 Å². The first-order valence-electron chi connectivity index (χ1n) is 9.62. The van der Waals surface area contributed by atoms with Gasteiger partial charge < -0.3 is 14.5 Å². The van der Waals surface area contributed by atoms with Gasteiger partial charge in [-0.1, -0.05) is 48.5 Å². The van der Waals surface area contributed by atoms with Crippen molar-refractivity contribution < 1.29 is 13.9 Å². The summed E-state index contributed by atoms with van der Waals surface area (Å²) in [4.78, 5) is 13.7. The SMILES string of the molecule is COc1cc2c(cc1NC(=O)CSc1ccc3ccccc3c1)oc1ccccc12. The molecular weight excluding hydrogens is 394 g/mol. The first-order valence-corrected chi connectivity index (χ1v) is 10.6. The monoisotopic (exact) mass is 413 g/mol. The van der Waals surface area contributed by atoms with Crippen molar-refractivity contribution in [2.45, 2.75) is 4.90 Å². The molecule has 0 aliphatic heterocycles. The highest BCUT2D eigenvalue weighted by molar-refractivity contribution is 8.00.